The zero-order valence-electron chi connectivity index (χ0n) is 16.4. The first-order chi connectivity index (χ1) is 15.0. The number of aromatic amines is 1. The average molecular weight is 414 g/mol. The summed E-state index contributed by atoms with van der Waals surface area (Å²) >= 11 is 0. The summed E-state index contributed by atoms with van der Waals surface area (Å²) < 4.78 is 32.2. The number of H-pyrrole nitrogens is 1. The van der Waals surface area contributed by atoms with Crippen LogP contribution < -0.4 is 0 Å². The Bertz CT molecular complexity index is 1400. The third kappa shape index (κ3) is 3.22. The molecule has 1 aliphatic heterocycles. The number of benzene rings is 3. The van der Waals surface area contributed by atoms with E-state index in [4.69, 9.17) is 4.74 Å². The van der Waals surface area contributed by atoms with E-state index >= 15 is 0 Å². The number of rotatable bonds is 3. The molecule has 5 rings (SSSR count). The number of allylic oxidation sites excluding steroid dienone is 1. The number of aliphatic imine (C=N–C) groups is 1. The molecule has 1 N–H and O–H groups in total. The van der Waals surface area contributed by atoms with Gasteiger partial charge >= 0.3 is 5.97 Å². The fourth-order valence-corrected chi connectivity index (χ4v) is 3.89. The second kappa shape index (κ2) is 7.32. The summed E-state index contributed by atoms with van der Waals surface area (Å²) in [5, 5.41) is 0.838. The smallest absolute Gasteiger partial charge is 0.337 e. The molecule has 0 amide bonds. The highest BCUT2D eigenvalue weighted by Crippen LogP contribution is 2.41. The van der Waals surface area contributed by atoms with Crippen molar-refractivity contribution >= 4 is 39.9 Å². The van der Waals surface area contributed by atoms with Gasteiger partial charge in [0.2, 0.25) is 0 Å². The first kappa shape index (κ1) is 18.9. The van der Waals surface area contributed by atoms with Gasteiger partial charge in [-0.1, -0.05) is 12.1 Å². The SMILES string of the molecule is COC(=O)c1ccc(C(=C2C=Nc3cc(F)ccc32)c2c[nH]c3cc(F)ccc23)cc1. The van der Waals surface area contributed by atoms with Crippen LogP contribution in [0, 0.1) is 11.6 Å². The van der Waals surface area contributed by atoms with E-state index in [-0.39, 0.29) is 11.6 Å². The van der Waals surface area contributed by atoms with Crippen LogP contribution >= 0.6 is 0 Å². The van der Waals surface area contributed by atoms with E-state index in [0.717, 1.165) is 33.2 Å². The number of aromatic nitrogens is 1. The molecule has 1 aliphatic rings. The lowest BCUT2D eigenvalue weighted by atomic mass is 9.89. The first-order valence-electron chi connectivity index (χ1n) is 9.59. The number of nitrogens with one attached hydrogen (secondary N) is 1. The molecule has 0 saturated carbocycles. The first-order valence-corrected chi connectivity index (χ1v) is 9.59. The number of methoxy groups -OCH3 is 1. The van der Waals surface area contributed by atoms with Gasteiger partial charge in [-0.15, -0.1) is 0 Å². The van der Waals surface area contributed by atoms with Gasteiger partial charge in [-0.25, -0.2) is 13.6 Å². The van der Waals surface area contributed by atoms with E-state index in [2.05, 4.69) is 9.98 Å². The topological polar surface area (TPSA) is 54.4 Å². The molecule has 0 radical (unpaired) electrons. The number of carbonyl (C=O) groups excluding carboxylic acids is 1. The third-order valence-electron chi connectivity index (χ3n) is 5.36. The van der Waals surface area contributed by atoms with Gasteiger partial charge in [-0.05, 0) is 48.0 Å². The van der Waals surface area contributed by atoms with Crippen LogP contribution in [0.1, 0.15) is 27.0 Å². The molecule has 0 unspecified atom stereocenters. The molecule has 0 bridgehead atoms. The number of hydrogen-bond donors (Lipinski definition) is 1. The Morgan fingerprint density at radius 2 is 1.65 bits per heavy atom. The van der Waals surface area contributed by atoms with Crippen LogP contribution in [0.15, 0.2) is 71.9 Å². The number of halogens is 2. The Labute approximate surface area is 176 Å². The predicted molar refractivity (Wildman–Crippen MR) is 117 cm³/mol. The van der Waals surface area contributed by atoms with Crippen molar-refractivity contribution in [2.45, 2.75) is 0 Å². The Morgan fingerprint density at radius 1 is 0.935 bits per heavy atom. The zero-order chi connectivity index (χ0) is 21.5. The highest BCUT2D eigenvalue weighted by Gasteiger charge is 2.22. The molecule has 2 heterocycles. The lowest BCUT2D eigenvalue weighted by Crippen LogP contribution is -2.01. The second-order valence-electron chi connectivity index (χ2n) is 7.17. The van der Waals surface area contributed by atoms with Crippen LogP contribution in [-0.4, -0.2) is 24.3 Å². The van der Waals surface area contributed by atoms with Crippen LogP contribution in [0.4, 0.5) is 14.5 Å². The molecule has 0 fully saturated rings. The molecular formula is C25H16F2N2O2. The second-order valence-corrected chi connectivity index (χ2v) is 7.17. The van der Waals surface area contributed by atoms with Gasteiger partial charge < -0.3 is 9.72 Å². The number of carbonyl (C=O) groups is 1. The average Bonchev–Trinajstić information content (AvgIpc) is 3.38. The van der Waals surface area contributed by atoms with Crippen molar-refractivity contribution < 1.29 is 18.3 Å². The van der Waals surface area contributed by atoms with Crippen LogP contribution in [0.2, 0.25) is 0 Å². The van der Waals surface area contributed by atoms with Crippen LogP contribution in [0.25, 0.3) is 22.0 Å². The summed E-state index contributed by atoms with van der Waals surface area (Å²) in [6.07, 6.45) is 3.52. The Hall–Kier alpha value is -4.06. The zero-order valence-corrected chi connectivity index (χ0v) is 16.4. The lowest BCUT2D eigenvalue weighted by molar-refractivity contribution is 0.0600. The quantitative estimate of drug-likeness (QED) is 0.424. The van der Waals surface area contributed by atoms with Crippen molar-refractivity contribution in [1.82, 2.24) is 4.98 Å². The van der Waals surface area contributed by atoms with Gasteiger partial charge in [0, 0.05) is 51.7 Å². The molecule has 31 heavy (non-hydrogen) atoms. The number of nitrogens with zero attached hydrogens (tertiary/aromatic N) is 1. The van der Waals surface area contributed by atoms with Gasteiger partial charge in [-0.3, -0.25) is 4.99 Å². The number of ether oxygens (including phenoxy) is 1. The van der Waals surface area contributed by atoms with Crippen molar-refractivity contribution in [2.75, 3.05) is 7.11 Å². The highest BCUT2D eigenvalue weighted by molar-refractivity contribution is 6.27. The fraction of sp³-hybridized carbons (Fsp3) is 0.0400. The third-order valence-corrected chi connectivity index (χ3v) is 5.36. The molecule has 4 aromatic rings. The van der Waals surface area contributed by atoms with Crippen molar-refractivity contribution in [2.24, 2.45) is 4.99 Å². The van der Waals surface area contributed by atoms with Crippen molar-refractivity contribution in [3.63, 3.8) is 0 Å². The molecule has 4 nitrogen and oxygen atoms in total. The lowest BCUT2D eigenvalue weighted by Gasteiger charge is -2.12. The van der Waals surface area contributed by atoms with Crippen LogP contribution in [0.3, 0.4) is 0 Å². The summed E-state index contributed by atoms with van der Waals surface area (Å²) in [7, 11) is 1.33. The summed E-state index contributed by atoms with van der Waals surface area (Å²) in [5.41, 5.74) is 5.76. The molecule has 0 saturated heterocycles. The molecule has 3 aromatic carbocycles. The maximum absolute atomic E-state index is 13.7. The number of fused-ring (bicyclic) bond motifs is 2. The van der Waals surface area contributed by atoms with Crippen LogP contribution in [0.5, 0.6) is 0 Å². The molecule has 6 heteroatoms. The van der Waals surface area contributed by atoms with Gasteiger partial charge in [0.1, 0.15) is 11.6 Å². The van der Waals surface area contributed by atoms with E-state index in [9.17, 15) is 13.6 Å². The van der Waals surface area contributed by atoms with Gasteiger partial charge in [0.25, 0.3) is 0 Å². The van der Waals surface area contributed by atoms with Crippen molar-refractivity contribution in [3.05, 3.63) is 101 Å². The summed E-state index contributed by atoms with van der Waals surface area (Å²) in [6, 6.07) is 16.1. The van der Waals surface area contributed by atoms with E-state index in [0.29, 0.717) is 16.8 Å². The maximum atomic E-state index is 13.7. The molecule has 1 aromatic heterocycles. The monoisotopic (exact) mass is 414 g/mol. The Balaban J connectivity index is 1.77. The molecule has 0 spiro atoms. The van der Waals surface area contributed by atoms with E-state index < -0.39 is 5.97 Å². The highest BCUT2D eigenvalue weighted by atomic mass is 19.1. The minimum atomic E-state index is -0.424. The molecule has 0 aliphatic carbocycles. The maximum Gasteiger partial charge on any atom is 0.337 e. The van der Waals surface area contributed by atoms with E-state index in [1.54, 1.807) is 30.5 Å². The Kier molecular flexibility index (Phi) is 4.47. The minimum Gasteiger partial charge on any atom is -0.465 e. The van der Waals surface area contributed by atoms with E-state index in [1.807, 2.05) is 18.3 Å². The largest absolute Gasteiger partial charge is 0.465 e. The summed E-state index contributed by atoms with van der Waals surface area (Å²) in [5.74, 6) is -1.11. The summed E-state index contributed by atoms with van der Waals surface area (Å²) in [6.45, 7) is 0. The molecule has 152 valence electrons. The van der Waals surface area contributed by atoms with Gasteiger partial charge in [0.15, 0.2) is 0 Å². The van der Waals surface area contributed by atoms with E-state index in [1.165, 1.54) is 31.4 Å². The Morgan fingerprint density at radius 3 is 2.42 bits per heavy atom. The minimum absolute atomic E-state index is 0.333. The number of esters is 1. The molecule has 0 atom stereocenters. The van der Waals surface area contributed by atoms with Gasteiger partial charge in [0.05, 0.1) is 18.4 Å². The fourth-order valence-electron chi connectivity index (χ4n) is 3.89. The normalized spacial score (nSPS) is 14.0. The predicted octanol–water partition coefficient (Wildman–Crippen LogP) is 5.91. The standard InChI is InChI=1S/C25H16F2N2O2/c1-31-25(30)15-4-2-14(3-5-15)24(20-12-28-22-10-16(26)6-8-18(20)22)21-13-29-23-11-17(27)7-9-19(21)23/h2-13,28H,1H3. The van der Waals surface area contributed by atoms with Gasteiger partial charge in [-0.2, -0.15) is 0 Å². The molecular weight excluding hydrogens is 398 g/mol. The number of hydrogen-bond acceptors (Lipinski definition) is 3. The summed E-state index contributed by atoms with van der Waals surface area (Å²) in [4.78, 5) is 19.4. The van der Waals surface area contributed by atoms with Crippen molar-refractivity contribution in [3.8, 4) is 0 Å². The van der Waals surface area contributed by atoms with Crippen LogP contribution in [-0.2, 0) is 4.74 Å². The van der Waals surface area contributed by atoms with Crippen molar-refractivity contribution in [1.29, 1.82) is 0 Å².